The van der Waals surface area contributed by atoms with Crippen LogP contribution >= 0.6 is 0 Å². The van der Waals surface area contributed by atoms with E-state index in [1.165, 1.54) is 0 Å². The smallest absolute Gasteiger partial charge is 0.286 e. The molecule has 6 rings (SSSR count). The van der Waals surface area contributed by atoms with Gasteiger partial charge in [0.15, 0.2) is 5.76 Å². The Labute approximate surface area is 237 Å². The number of benzene rings is 3. The number of furan rings is 1. The van der Waals surface area contributed by atoms with Crippen molar-refractivity contribution < 1.29 is 28.5 Å². The number of carbonyl (C=O) groups is 1. The lowest BCUT2D eigenvalue weighted by atomic mass is 9.92. The van der Waals surface area contributed by atoms with Crippen molar-refractivity contribution in [3.63, 3.8) is 0 Å². The lowest BCUT2D eigenvalue weighted by Gasteiger charge is -2.29. The van der Waals surface area contributed by atoms with Crippen LogP contribution in [0.3, 0.4) is 0 Å². The molecule has 3 N–H and O–H groups in total. The Morgan fingerprint density at radius 3 is 2.73 bits per heavy atom. The third kappa shape index (κ3) is 5.84. The summed E-state index contributed by atoms with van der Waals surface area (Å²) in [5.41, 5.74) is 5.68. The van der Waals surface area contributed by atoms with E-state index in [1.807, 2.05) is 79.0 Å². The van der Waals surface area contributed by atoms with E-state index in [-0.39, 0.29) is 24.2 Å². The molecule has 41 heavy (non-hydrogen) atoms. The first-order valence-electron chi connectivity index (χ1n) is 13.7. The van der Waals surface area contributed by atoms with Crippen LogP contribution in [0.25, 0.3) is 21.9 Å². The van der Waals surface area contributed by atoms with Gasteiger partial charge in [-0.1, -0.05) is 42.5 Å². The molecule has 0 radical (unpaired) electrons. The quantitative estimate of drug-likeness (QED) is 0.205. The molecule has 1 aliphatic heterocycles. The van der Waals surface area contributed by atoms with Gasteiger partial charge in [0.1, 0.15) is 11.3 Å². The van der Waals surface area contributed by atoms with E-state index >= 15 is 0 Å². The number of amides is 1. The van der Waals surface area contributed by atoms with Gasteiger partial charge in [0.2, 0.25) is 6.29 Å². The molecule has 3 aromatic carbocycles. The van der Waals surface area contributed by atoms with Crippen LogP contribution in [0.15, 0.2) is 95.4 Å². The molecule has 0 bridgehead atoms. The lowest BCUT2D eigenvalue weighted by molar-refractivity contribution is -0.150. The Bertz CT molecular complexity index is 1680. The van der Waals surface area contributed by atoms with Crippen molar-refractivity contribution in [2.75, 3.05) is 13.7 Å². The maximum atomic E-state index is 13.3. The van der Waals surface area contributed by atoms with E-state index in [0.29, 0.717) is 26.0 Å². The van der Waals surface area contributed by atoms with Gasteiger partial charge in [0.25, 0.3) is 5.91 Å². The van der Waals surface area contributed by atoms with Crippen molar-refractivity contribution in [1.82, 2.24) is 10.3 Å². The van der Waals surface area contributed by atoms with Crippen LogP contribution in [0.5, 0.6) is 5.75 Å². The van der Waals surface area contributed by atoms with Gasteiger partial charge in [-0.15, -0.1) is 0 Å². The minimum absolute atomic E-state index is 0.00895. The van der Waals surface area contributed by atoms with Crippen molar-refractivity contribution in [2.45, 2.75) is 38.3 Å². The van der Waals surface area contributed by atoms with Gasteiger partial charge in [-0.25, -0.2) is 0 Å². The third-order valence-corrected chi connectivity index (χ3v) is 7.49. The van der Waals surface area contributed by atoms with Crippen LogP contribution in [0.2, 0.25) is 0 Å². The topological polar surface area (TPSA) is 106 Å². The van der Waals surface area contributed by atoms with Crippen molar-refractivity contribution in [3.05, 3.63) is 113 Å². The minimum Gasteiger partial charge on any atom is -0.497 e. The molecule has 0 aliphatic carbocycles. The maximum Gasteiger partial charge on any atom is 0.286 e. The molecule has 0 unspecified atom stereocenters. The average Bonchev–Trinajstić information content (AvgIpc) is 3.64. The summed E-state index contributed by atoms with van der Waals surface area (Å²) in [5.74, 6) is 0.598. The lowest BCUT2D eigenvalue weighted by Crippen LogP contribution is -2.33. The third-order valence-electron chi connectivity index (χ3n) is 7.49. The second-order valence-electron chi connectivity index (χ2n) is 10.1. The number of allylic oxidation sites excluding steroid dienone is 1. The first kappa shape index (κ1) is 26.7. The highest BCUT2D eigenvalue weighted by Gasteiger charge is 2.30. The number of H-pyrrole nitrogens is 1. The second kappa shape index (κ2) is 11.9. The zero-order chi connectivity index (χ0) is 28.2. The first-order valence-corrected chi connectivity index (χ1v) is 13.7. The fourth-order valence-electron chi connectivity index (χ4n) is 5.24. The molecule has 8 nitrogen and oxygen atoms in total. The van der Waals surface area contributed by atoms with Gasteiger partial charge in [-0.05, 0) is 53.5 Å². The molecule has 2 aromatic heterocycles. The molecular weight excluding hydrogens is 520 g/mol. The zero-order valence-electron chi connectivity index (χ0n) is 22.8. The van der Waals surface area contributed by atoms with Gasteiger partial charge in [0, 0.05) is 46.9 Å². The molecule has 1 aliphatic rings. The summed E-state index contributed by atoms with van der Waals surface area (Å²) in [6.45, 7) is 0.741. The zero-order valence-corrected chi connectivity index (χ0v) is 22.8. The van der Waals surface area contributed by atoms with E-state index in [2.05, 4.69) is 10.3 Å². The second-order valence-corrected chi connectivity index (χ2v) is 10.1. The Kier molecular flexibility index (Phi) is 7.75. The number of hydrogen-bond donors (Lipinski definition) is 3. The molecule has 5 aromatic rings. The number of ether oxygens (including phenoxy) is 3. The van der Waals surface area contributed by atoms with Gasteiger partial charge < -0.3 is 34.0 Å². The number of fused-ring (bicyclic) bond motifs is 2. The van der Waals surface area contributed by atoms with Gasteiger partial charge >= 0.3 is 0 Å². The van der Waals surface area contributed by atoms with Gasteiger partial charge in [-0.2, -0.15) is 0 Å². The molecule has 0 saturated carbocycles. The number of carbonyl (C=O) groups excluding carboxylic acids is 1. The largest absolute Gasteiger partial charge is 0.497 e. The van der Waals surface area contributed by atoms with Crippen LogP contribution in [0.1, 0.15) is 34.6 Å². The highest BCUT2D eigenvalue weighted by atomic mass is 16.7. The number of aliphatic hydroxyl groups is 1. The van der Waals surface area contributed by atoms with Crippen LogP contribution in [0.4, 0.5) is 0 Å². The molecule has 2 atom stereocenters. The van der Waals surface area contributed by atoms with E-state index in [9.17, 15) is 9.90 Å². The number of nitrogens with one attached hydrogen (secondary N) is 2. The van der Waals surface area contributed by atoms with Crippen molar-refractivity contribution in [1.29, 1.82) is 0 Å². The average molecular weight is 553 g/mol. The van der Waals surface area contributed by atoms with Crippen LogP contribution in [0, 0.1) is 0 Å². The normalized spacial score (nSPS) is 16.9. The number of para-hydroxylation sites is 1. The molecule has 3 heterocycles. The minimum atomic E-state index is -0.627. The number of aromatic nitrogens is 1. The van der Waals surface area contributed by atoms with Crippen molar-refractivity contribution in [2.24, 2.45) is 0 Å². The molecule has 0 saturated heterocycles. The molecule has 8 heteroatoms. The number of aliphatic hydroxyl groups excluding tert-OH is 1. The summed E-state index contributed by atoms with van der Waals surface area (Å²) in [5, 5.41) is 14.4. The molecule has 0 spiro atoms. The predicted octanol–water partition coefficient (Wildman–Crippen LogP) is 5.70. The van der Waals surface area contributed by atoms with E-state index < -0.39 is 6.29 Å². The summed E-state index contributed by atoms with van der Waals surface area (Å²) in [4.78, 5) is 16.6. The van der Waals surface area contributed by atoms with E-state index in [1.54, 1.807) is 13.4 Å². The number of aromatic amines is 1. The highest BCUT2D eigenvalue weighted by molar-refractivity contribution is 5.92. The molecule has 210 valence electrons. The monoisotopic (exact) mass is 552 g/mol. The standard InChI is InChI=1S/C33H32N2O6/c1-38-25-10-11-29-27(16-25)23(17-35-29)12-13-34-33(37)31-14-24(28-20-39-30-5-3-2-4-26(28)30)15-32(41-31)40-19-22-8-6-21(18-36)7-9-22/h2-11,14,16-17,20,24,32,35-36H,12-13,15,18-19H2,1H3,(H,34,37)/t24-,32+/m0/s1. The molecule has 0 fully saturated rings. The summed E-state index contributed by atoms with van der Waals surface area (Å²) in [6.07, 6.45) is 6.13. The Balaban J connectivity index is 1.17. The Morgan fingerprint density at radius 2 is 1.90 bits per heavy atom. The van der Waals surface area contributed by atoms with E-state index in [0.717, 1.165) is 49.9 Å². The number of hydrogen-bond acceptors (Lipinski definition) is 6. The highest BCUT2D eigenvalue weighted by Crippen LogP contribution is 2.36. The summed E-state index contributed by atoms with van der Waals surface area (Å²) in [6, 6.07) is 21.3. The summed E-state index contributed by atoms with van der Waals surface area (Å²) in [7, 11) is 1.65. The fraction of sp³-hybridized carbons (Fsp3) is 0.242. The van der Waals surface area contributed by atoms with Crippen molar-refractivity contribution in [3.8, 4) is 5.75 Å². The maximum absolute atomic E-state index is 13.3. The Morgan fingerprint density at radius 1 is 1.07 bits per heavy atom. The summed E-state index contributed by atoms with van der Waals surface area (Å²) >= 11 is 0. The van der Waals surface area contributed by atoms with Crippen LogP contribution in [-0.2, 0) is 33.9 Å². The van der Waals surface area contributed by atoms with E-state index in [4.69, 9.17) is 18.6 Å². The number of rotatable bonds is 10. The summed E-state index contributed by atoms with van der Waals surface area (Å²) < 4.78 is 23.4. The first-order chi connectivity index (χ1) is 20.1. The number of methoxy groups -OCH3 is 1. The SMILES string of the molecule is COc1ccc2[nH]cc(CCNC(=O)C3=C[C@H](c4coc5ccccc45)C[C@H](OCc4ccc(CO)cc4)O3)c2c1. The van der Waals surface area contributed by atoms with Crippen molar-refractivity contribution >= 4 is 27.8 Å². The van der Waals surface area contributed by atoms with Gasteiger partial charge in [0.05, 0.1) is 26.6 Å². The predicted molar refractivity (Wildman–Crippen MR) is 155 cm³/mol. The molecular formula is C33H32N2O6. The molecule has 1 amide bonds. The van der Waals surface area contributed by atoms with Crippen LogP contribution < -0.4 is 10.1 Å². The Hall–Kier alpha value is -4.53. The van der Waals surface area contributed by atoms with Crippen LogP contribution in [-0.4, -0.2) is 35.9 Å². The fourth-order valence-corrected chi connectivity index (χ4v) is 5.24. The van der Waals surface area contributed by atoms with Gasteiger partial charge in [-0.3, -0.25) is 4.79 Å².